The van der Waals surface area contributed by atoms with Gasteiger partial charge in [-0.05, 0) is 54.8 Å². The number of amides is 1. The summed E-state index contributed by atoms with van der Waals surface area (Å²) in [6.45, 7) is 3.33. The second-order valence-electron chi connectivity index (χ2n) is 9.80. The number of aliphatic hydroxyl groups excluding tert-OH is 1. The molecule has 14 heteroatoms. The van der Waals surface area contributed by atoms with Gasteiger partial charge in [0.25, 0.3) is 26.0 Å². The highest BCUT2D eigenvalue weighted by Crippen LogP contribution is 2.36. The fourth-order valence-corrected chi connectivity index (χ4v) is 7.86. The van der Waals surface area contributed by atoms with E-state index in [9.17, 15) is 26.7 Å². The number of rotatable bonds is 10. The van der Waals surface area contributed by atoms with E-state index in [-0.39, 0.29) is 45.8 Å². The molecule has 1 aromatic heterocycles. The first kappa shape index (κ1) is 30.8. The van der Waals surface area contributed by atoms with Gasteiger partial charge in [-0.15, -0.1) is 11.3 Å². The Morgan fingerprint density at radius 2 is 1.85 bits per heavy atom. The molecule has 2 aromatic carbocycles. The Bertz CT molecular complexity index is 1580. The fourth-order valence-electron chi connectivity index (χ4n) is 4.42. The Labute approximate surface area is 244 Å². The number of fused-ring (bicyclic) bond motifs is 1. The highest BCUT2D eigenvalue weighted by atomic mass is 32.2. The number of nitrogens with zero attached hydrogens (tertiary/aromatic N) is 2. The Morgan fingerprint density at radius 3 is 2.46 bits per heavy atom. The zero-order valence-corrected chi connectivity index (χ0v) is 25.5. The minimum atomic E-state index is -4.11. The van der Waals surface area contributed by atoms with Crippen molar-refractivity contribution in [3.05, 3.63) is 65.5 Å². The largest absolute Gasteiger partial charge is 0.497 e. The molecule has 0 spiro atoms. The minimum Gasteiger partial charge on any atom is -0.497 e. The molecule has 0 aliphatic carbocycles. The standard InChI is InChI=1S/C27H33N3O8S3/c1-18-15-30(19(2)17-31)27(32)22-7-5-8-23(28-40(33,34)21-12-10-20(37-4)11-13-21)26(22)38-24(18)16-29(3)41(35,36)25-9-6-14-39-25/h5-14,18-19,24,28,31H,15-17H2,1-4H3/t18-,19-,24-/m0/s1. The molecule has 0 unspecified atom stereocenters. The first-order chi connectivity index (χ1) is 19.4. The lowest BCUT2D eigenvalue weighted by molar-refractivity contribution is 0.0389. The third-order valence-corrected chi connectivity index (χ3v) is 11.5. The van der Waals surface area contributed by atoms with E-state index in [1.54, 1.807) is 18.4 Å². The number of carbonyl (C=O) groups excluding carboxylic acids is 1. The molecule has 1 amide bonds. The van der Waals surface area contributed by atoms with Gasteiger partial charge in [-0.2, -0.15) is 4.31 Å². The number of thiophene rings is 1. The van der Waals surface area contributed by atoms with Gasteiger partial charge in [-0.3, -0.25) is 9.52 Å². The van der Waals surface area contributed by atoms with Crippen LogP contribution in [0.4, 0.5) is 5.69 Å². The average molecular weight is 624 g/mol. The SMILES string of the molecule is COc1ccc(S(=O)(=O)Nc2cccc3c2O[C@@H](CN(C)S(=O)(=O)c2cccs2)[C@@H](C)CN([C@@H](C)CO)C3=O)cc1. The normalized spacial score (nSPS) is 18.7. The summed E-state index contributed by atoms with van der Waals surface area (Å²) in [5.74, 6) is -0.382. The smallest absolute Gasteiger partial charge is 0.262 e. The van der Waals surface area contributed by atoms with Gasteiger partial charge in [0.05, 0.1) is 42.4 Å². The van der Waals surface area contributed by atoms with E-state index in [0.717, 1.165) is 11.3 Å². The zero-order valence-electron chi connectivity index (χ0n) is 23.1. The number of aliphatic hydroxyl groups is 1. The number of likely N-dealkylation sites (N-methyl/N-ethyl adjacent to an activating group) is 1. The number of hydrogen-bond donors (Lipinski definition) is 2. The zero-order chi connectivity index (χ0) is 29.9. The highest BCUT2D eigenvalue weighted by Gasteiger charge is 2.36. The summed E-state index contributed by atoms with van der Waals surface area (Å²) in [5.41, 5.74) is 0.104. The van der Waals surface area contributed by atoms with Gasteiger partial charge in [0.15, 0.2) is 5.75 Å². The summed E-state index contributed by atoms with van der Waals surface area (Å²) in [4.78, 5) is 15.1. The number of para-hydroxylation sites is 1. The number of benzene rings is 2. The first-order valence-electron chi connectivity index (χ1n) is 12.8. The molecular weight excluding hydrogens is 591 g/mol. The van der Waals surface area contributed by atoms with E-state index in [4.69, 9.17) is 9.47 Å². The average Bonchev–Trinajstić information content (AvgIpc) is 3.51. The number of sulfonamides is 2. The second-order valence-corrected chi connectivity index (χ2v) is 14.7. The van der Waals surface area contributed by atoms with Crippen LogP contribution < -0.4 is 14.2 Å². The van der Waals surface area contributed by atoms with Gasteiger partial charge in [0, 0.05) is 19.5 Å². The van der Waals surface area contributed by atoms with Crippen LogP contribution in [0.5, 0.6) is 11.5 Å². The maximum Gasteiger partial charge on any atom is 0.262 e. The molecule has 222 valence electrons. The molecular formula is C27H33N3O8S3. The lowest BCUT2D eigenvalue weighted by Crippen LogP contribution is -2.50. The number of nitrogens with one attached hydrogen (secondary N) is 1. The minimum absolute atomic E-state index is 0.0196. The van der Waals surface area contributed by atoms with E-state index in [0.29, 0.717) is 5.75 Å². The summed E-state index contributed by atoms with van der Waals surface area (Å²) in [6, 6.07) is 12.9. The van der Waals surface area contributed by atoms with Crippen molar-refractivity contribution in [2.24, 2.45) is 5.92 Å². The van der Waals surface area contributed by atoms with Crippen LogP contribution in [0.2, 0.25) is 0 Å². The molecule has 2 N–H and O–H groups in total. The lowest BCUT2D eigenvalue weighted by atomic mass is 9.99. The fraction of sp³-hybridized carbons (Fsp3) is 0.370. The Balaban J connectivity index is 1.76. The van der Waals surface area contributed by atoms with Crippen molar-refractivity contribution in [2.75, 3.05) is 38.6 Å². The predicted octanol–water partition coefficient (Wildman–Crippen LogP) is 3.10. The van der Waals surface area contributed by atoms with Crippen LogP contribution in [-0.2, 0) is 20.0 Å². The summed E-state index contributed by atoms with van der Waals surface area (Å²) >= 11 is 1.10. The summed E-state index contributed by atoms with van der Waals surface area (Å²) < 4.78 is 68.3. The van der Waals surface area contributed by atoms with E-state index in [1.165, 1.54) is 71.9 Å². The van der Waals surface area contributed by atoms with Crippen molar-refractivity contribution < 1.29 is 36.2 Å². The molecule has 1 aliphatic rings. The lowest BCUT2D eigenvalue weighted by Gasteiger charge is -2.38. The predicted molar refractivity (Wildman–Crippen MR) is 156 cm³/mol. The molecule has 41 heavy (non-hydrogen) atoms. The molecule has 1 aliphatic heterocycles. The van der Waals surface area contributed by atoms with Crippen molar-refractivity contribution in [2.45, 2.75) is 35.1 Å². The number of carbonyl (C=O) groups is 1. The Hall–Kier alpha value is -3.17. The van der Waals surface area contributed by atoms with Crippen molar-refractivity contribution >= 4 is 43.0 Å². The third-order valence-electron chi connectivity index (χ3n) is 6.90. The van der Waals surface area contributed by atoms with Crippen molar-refractivity contribution in [3.63, 3.8) is 0 Å². The van der Waals surface area contributed by atoms with Crippen LogP contribution in [-0.4, -0.2) is 83.1 Å². The summed E-state index contributed by atoms with van der Waals surface area (Å²) in [6.07, 6.45) is -0.776. The number of anilines is 1. The van der Waals surface area contributed by atoms with Gasteiger partial charge in [0.2, 0.25) is 0 Å². The molecule has 11 nitrogen and oxygen atoms in total. The maximum absolute atomic E-state index is 13.7. The quantitative estimate of drug-likeness (QED) is 0.351. The van der Waals surface area contributed by atoms with Crippen LogP contribution in [0, 0.1) is 5.92 Å². The second kappa shape index (κ2) is 12.4. The molecule has 0 bridgehead atoms. The van der Waals surface area contributed by atoms with Crippen LogP contribution in [0.3, 0.4) is 0 Å². The van der Waals surface area contributed by atoms with E-state index >= 15 is 0 Å². The first-order valence-corrected chi connectivity index (χ1v) is 16.6. The van der Waals surface area contributed by atoms with Gasteiger partial charge in [-0.1, -0.05) is 19.1 Å². The molecule has 2 heterocycles. The molecule has 0 fully saturated rings. The molecule has 0 saturated heterocycles. The van der Waals surface area contributed by atoms with E-state index in [1.807, 2.05) is 6.92 Å². The third kappa shape index (κ3) is 6.51. The van der Waals surface area contributed by atoms with Crippen molar-refractivity contribution in [3.8, 4) is 11.5 Å². The van der Waals surface area contributed by atoms with E-state index in [2.05, 4.69) is 4.72 Å². The molecule has 0 saturated carbocycles. The highest BCUT2D eigenvalue weighted by molar-refractivity contribution is 7.92. The molecule has 0 radical (unpaired) electrons. The van der Waals surface area contributed by atoms with Crippen LogP contribution in [0.1, 0.15) is 24.2 Å². The molecule has 3 aromatic rings. The number of methoxy groups -OCH3 is 1. The number of hydrogen-bond acceptors (Lipinski definition) is 9. The van der Waals surface area contributed by atoms with Gasteiger partial charge >= 0.3 is 0 Å². The van der Waals surface area contributed by atoms with Gasteiger partial charge < -0.3 is 19.5 Å². The summed E-state index contributed by atoms with van der Waals surface area (Å²) in [7, 11) is -5.00. The topological polar surface area (TPSA) is 143 Å². The molecule has 4 rings (SSSR count). The maximum atomic E-state index is 13.7. The van der Waals surface area contributed by atoms with Crippen LogP contribution in [0.15, 0.2) is 69.1 Å². The van der Waals surface area contributed by atoms with E-state index < -0.39 is 44.0 Å². The van der Waals surface area contributed by atoms with Gasteiger partial charge in [-0.25, -0.2) is 16.8 Å². The Morgan fingerprint density at radius 1 is 1.15 bits per heavy atom. The van der Waals surface area contributed by atoms with Crippen LogP contribution in [0.25, 0.3) is 0 Å². The summed E-state index contributed by atoms with van der Waals surface area (Å²) in [5, 5.41) is 11.6. The Kier molecular flexibility index (Phi) is 9.29. The molecule has 3 atom stereocenters. The monoisotopic (exact) mass is 623 g/mol. The van der Waals surface area contributed by atoms with Gasteiger partial charge in [0.1, 0.15) is 16.1 Å². The van der Waals surface area contributed by atoms with Crippen molar-refractivity contribution in [1.82, 2.24) is 9.21 Å². The van der Waals surface area contributed by atoms with Crippen LogP contribution >= 0.6 is 11.3 Å². The number of ether oxygens (including phenoxy) is 2. The van der Waals surface area contributed by atoms with Crippen molar-refractivity contribution in [1.29, 1.82) is 0 Å².